The highest BCUT2D eigenvalue weighted by molar-refractivity contribution is 7.99. The van der Waals surface area contributed by atoms with E-state index in [1.165, 1.54) is 4.90 Å². The molecule has 4 rings (SSSR count). The van der Waals surface area contributed by atoms with Crippen LogP contribution in [0.2, 0.25) is 0 Å². The van der Waals surface area contributed by atoms with Gasteiger partial charge in [-0.3, -0.25) is 4.98 Å². The number of fused-ring (bicyclic) bond motifs is 2. The van der Waals surface area contributed by atoms with E-state index in [4.69, 9.17) is 0 Å². The summed E-state index contributed by atoms with van der Waals surface area (Å²) in [5.74, 6) is 0.867. The lowest BCUT2D eigenvalue weighted by Crippen LogP contribution is -2.58. The van der Waals surface area contributed by atoms with Crippen LogP contribution in [0.5, 0.6) is 0 Å². The van der Waals surface area contributed by atoms with Crippen LogP contribution in [0.1, 0.15) is 20.8 Å². The molecule has 1 aliphatic heterocycles. The molecular formula is C21H23N4O2S2+. The summed E-state index contributed by atoms with van der Waals surface area (Å²) in [6.07, 6.45) is 1.71. The first-order valence-corrected chi connectivity index (χ1v) is 11.7. The Labute approximate surface area is 174 Å². The Hall–Kier alpha value is -2.58. The minimum absolute atomic E-state index is 0.218. The lowest BCUT2D eigenvalue weighted by atomic mass is 10.1. The van der Waals surface area contributed by atoms with Gasteiger partial charge in [0.1, 0.15) is 11.6 Å². The van der Waals surface area contributed by atoms with Gasteiger partial charge in [-0.2, -0.15) is 0 Å². The summed E-state index contributed by atoms with van der Waals surface area (Å²) in [5, 5.41) is 7.49. The zero-order chi connectivity index (χ0) is 20.8. The molecule has 150 valence electrons. The molecule has 0 atom stereocenters. The molecule has 0 saturated carbocycles. The van der Waals surface area contributed by atoms with E-state index < -0.39 is 14.6 Å². The molecule has 0 spiro atoms. The van der Waals surface area contributed by atoms with Crippen molar-refractivity contribution in [3.63, 3.8) is 0 Å². The Morgan fingerprint density at radius 1 is 1.21 bits per heavy atom. The lowest BCUT2D eigenvalue weighted by molar-refractivity contribution is -0.345. The quantitative estimate of drug-likeness (QED) is 0.553. The molecule has 2 heterocycles. The molecule has 2 aromatic carbocycles. The molecule has 0 bridgehead atoms. The molecular weight excluding hydrogens is 404 g/mol. The number of pyridine rings is 1. The van der Waals surface area contributed by atoms with E-state index in [1.807, 2.05) is 12.1 Å². The van der Waals surface area contributed by atoms with Crippen molar-refractivity contribution >= 4 is 62.0 Å². The molecule has 0 aliphatic carbocycles. The topological polar surface area (TPSA) is 85.1 Å². The van der Waals surface area contributed by atoms with Gasteiger partial charge in [-0.1, -0.05) is 0 Å². The third kappa shape index (κ3) is 3.47. The van der Waals surface area contributed by atoms with Gasteiger partial charge in [0.2, 0.25) is 5.69 Å². The van der Waals surface area contributed by atoms with Gasteiger partial charge in [0.15, 0.2) is 9.84 Å². The summed E-state index contributed by atoms with van der Waals surface area (Å²) in [5.41, 5.74) is 3.94. The number of benzene rings is 2. The largest absolute Gasteiger partial charge is 0.375 e. The highest BCUT2D eigenvalue weighted by Crippen LogP contribution is 2.38. The molecule has 3 N–H and O–H groups in total. The van der Waals surface area contributed by atoms with Gasteiger partial charge in [0.05, 0.1) is 21.8 Å². The predicted octanol–water partition coefficient (Wildman–Crippen LogP) is 3.44. The van der Waals surface area contributed by atoms with Gasteiger partial charge in [-0.15, -0.1) is 11.8 Å². The first kappa shape index (κ1) is 19.7. The molecule has 1 aromatic heterocycles. The minimum Gasteiger partial charge on any atom is -0.375 e. The van der Waals surface area contributed by atoms with Gasteiger partial charge in [-0.05, 0) is 51.1 Å². The Morgan fingerprint density at radius 2 is 2.00 bits per heavy atom. The van der Waals surface area contributed by atoms with Crippen LogP contribution in [0.15, 0.2) is 52.4 Å². The van der Waals surface area contributed by atoms with Crippen molar-refractivity contribution in [2.75, 3.05) is 16.5 Å². The molecule has 0 fully saturated rings. The van der Waals surface area contributed by atoms with E-state index in [9.17, 15) is 8.42 Å². The fraction of sp³-hybridized carbons (Fsp3) is 0.238. The van der Waals surface area contributed by atoms with Crippen LogP contribution in [-0.2, 0) is 9.84 Å². The summed E-state index contributed by atoms with van der Waals surface area (Å²) in [6, 6.07) is 11.4. The molecule has 1 aliphatic rings. The van der Waals surface area contributed by atoms with Gasteiger partial charge < -0.3 is 10.6 Å². The molecule has 0 amide bonds. The Morgan fingerprint density at radius 3 is 2.72 bits per heavy atom. The Bertz CT molecular complexity index is 1230. The number of hydrogen-bond donors (Lipinski definition) is 3. The first-order chi connectivity index (χ1) is 13.7. The highest BCUT2D eigenvalue weighted by Gasteiger charge is 2.35. The SMILES string of the molecule is C=[NH+]c1cc2nccc(Nc3ccc4c(c3)NCS4)c2cc1S(=O)(=O)C(C)(C)C. The third-order valence-corrected chi connectivity index (χ3v) is 8.36. The normalized spacial score (nSPS) is 13.8. The maximum atomic E-state index is 13.2. The van der Waals surface area contributed by atoms with Crippen molar-refractivity contribution in [1.29, 1.82) is 0 Å². The van der Waals surface area contributed by atoms with E-state index in [1.54, 1.807) is 50.9 Å². The Balaban J connectivity index is 1.86. The van der Waals surface area contributed by atoms with E-state index in [0.717, 1.165) is 28.3 Å². The summed E-state index contributed by atoms with van der Waals surface area (Å²) in [6.45, 7) is 8.75. The monoisotopic (exact) mass is 427 g/mol. The molecule has 0 saturated heterocycles. The standard InChI is InChI=1S/C21H22N4O2S2/c1-21(2,3)29(26,27)20-10-14-15(7-8-23-16(14)11-18(20)22-4)25-13-5-6-19-17(9-13)24-12-28-19/h5-11,24H,4,12H2,1-3H3,(H,23,25)/p+1. The second kappa shape index (κ2) is 7.03. The van der Waals surface area contributed by atoms with Crippen LogP contribution in [0.25, 0.3) is 10.9 Å². The van der Waals surface area contributed by atoms with Gasteiger partial charge in [-0.25, -0.2) is 13.4 Å². The number of thioether (sulfide) groups is 1. The van der Waals surface area contributed by atoms with Crippen molar-refractivity contribution in [3.8, 4) is 0 Å². The van der Waals surface area contributed by atoms with E-state index in [-0.39, 0.29) is 4.90 Å². The van der Waals surface area contributed by atoms with Gasteiger partial charge >= 0.3 is 0 Å². The summed E-state index contributed by atoms with van der Waals surface area (Å²) < 4.78 is 25.4. The van der Waals surface area contributed by atoms with Crippen LogP contribution in [0, 0.1) is 0 Å². The number of hydrogen-bond acceptors (Lipinski definition) is 6. The zero-order valence-electron chi connectivity index (χ0n) is 16.5. The van der Waals surface area contributed by atoms with Crippen LogP contribution in [-0.4, -0.2) is 30.7 Å². The van der Waals surface area contributed by atoms with Crippen molar-refractivity contribution in [3.05, 3.63) is 42.6 Å². The molecule has 3 aromatic rings. The lowest BCUT2D eigenvalue weighted by Gasteiger charge is -2.20. The Kier molecular flexibility index (Phi) is 4.78. The van der Waals surface area contributed by atoms with Gasteiger partial charge in [0.25, 0.3) is 0 Å². The smallest absolute Gasteiger partial charge is 0.224 e. The fourth-order valence-electron chi connectivity index (χ4n) is 3.19. The van der Waals surface area contributed by atoms with E-state index in [2.05, 4.69) is 39.5 Å². The number of aromatic nitrogens is 1. The maximum Gasteiger partial charge on any atom is 0.224 e. The number of anilines is 3. The number of nitrogens with one attached hydrogen (secondary N) is 3. The van der Waals surface area contributed by atoms with Crippen LogP contribution in [0.3, 0.4) is 0 Å². The van der Waals surface area contributed by atoms with E-state index in [0.29, 0.717) is 11.2 Å². The average molecular weight is 428 g/mol. The molecule has 8 heteroatoms. The summed E-state index contributed by atoms with van der Waals surface area (Å²) in [4.78, 5) is 8.62. The molecule has 29 heavy (non-hydrogen) atoms. The number of sulfone groups is 1. The second-order valence-corrected chi connectivity index (χ2v) is 11.5. The maximum absolute atomic E-state index is 13.2. The number of nitrogens with zero attached hydrogens (tertiary/aromatic N) is 1. The summed E-state index contributed by atoms with van der Waals surface area (Å²) >= 11 is 1.77. The van der Waals surface area contributed by atoms with Crippen molar-refractivity contribution in [2.45, 2.75) is 35.3 Å². The number of rotatable bonds is 4. The van der Waals surface area contributed by atoms with Crippen molar-refractivity contribution in [1.82, 2.24) is 4.98 Å². The predicted molar refractivity (Wildman–Crippen MR) is 120 cm³/mol. The van der Waals surface area contributed by atoms with Crippen LogP contribution < -0.4 is 15.6 Å². The minimum atomic E-state index is -3.58. The molecule has 0 radical (unpaired) electrons. The van der Waals surface area contributed by atoms with E-state index >= 15 is 0 Å². The highest BCUT2D eigenvalue weighted by atomic mass is 32.2. The summed E-state index contributed by atoms with van der Waals surface area (Å²) in [7, 11) is -3.58. The van der Waals surface area contributed by atoms with Crippen LogP contribution >= 0.6 is 11.8 Å². The third-order valence-electron chi connectivity index (χ3n) is 4.88. The molecule has 0 unspecified atom stereocenters. The van der Waals surface area contributed by atoms with Crippen molar-refractivity contribution in [2.24, 2.45) is 0 Å². The molecule has 6 nitrogen and oxygen atoms in total. The second-order valence-electron chi connectivity index (χ2n) is 7.82. The zero-order valence-corrected chi connectivity index (χ0v) is 18.2. The van der Waals surface area contributed by atoms with Gasteiger partial charge in [0, 0.05) is 33.9 Å². The first-order valence-electron chi connectivity index (χ1n) is 9.19. The average Bonchev–Trinajstić information content (AvgIpc) is 3.14. The fourth-order valence-corrected chi connectivity index (χ4v) is 5.38. The van der Waals surface area contributed by atoms with Crippen molar-refractivity contribution < 1.29 is 13.4 Å². The van der Waals surface area contributed by atoms with Crippen LogP contribution in [0.4, 0.5) is 22.7 Å².